The summed E-state index contributed by atoms with van der Waals surface area (Å²) in [5.41, 5.74) is 1.66. The van der Waals surface area contributed by atoms with Crippen LogP contribution in [0.15, 0.2) is 30.3 Å². The molecular weight excluding hydrogens is 430 g/mol. The van der Waals surface area contributed by atoms with Gasteiger partial charge in [-0.15, -0.1) is 0 Å². The standard InChI is InChI=1S/C26H35N5O3/c1-4-18-11-13-19(14-12-18)16-27-23(32)21-15-22-24(33)30(3)26(2,17-31(22)29-21)25(34)28-20-9-7-5-6-8-10-20/h11-15,20H,4-10,16-17H2,1-3H3,(H,27,32)(H,28,34). The van der Waals surface area contributed by atoms with Crippen molar-refractivity contribution < 1.29 is 14.4 Å². The number of hydrogen-bond acceptors (Lipinski definition) is 4. The summed E-state index contributed by atoms with van der Waals surface area (Å²) >= 11 is 0. The van der Waals surface area contributed by atoms with Gasteiger partial charge >= 0.3 is 0 Å². The Hall–Kier alpha value is -3.16. The highest BCUT2D eigenvalue weighted by atomic mass is 16.2. The SMILES string of the molecule is CCc1ccc(CNC(=O)c2cc3n(n2)CC(C)(C(=O)NC2CCCCCC2)N(C)C3=O)cc1. The topological polar surface area (TPSA) is 96.3 Å². The molecule has 2 N–H and O–H groups in total. The molecule has 1 aromatic heterocycles. The summed E-state index contributed by atoms with van der Waals surface area (Å²) in [5.74, 6) is -0.828. The minimum absolute atomic E-state index is 0.141. The molecule has 2 aromatic rings. The van der Waals surface area contributed by atoms with Gasteiger partial charge in [-0.25, -0.2) is 0 Å². The van der Waals surface area contributed by atoms with Crippen molar-refractivity contribution in [3.63, 3.8) is 0 Å². The number of aromatic nitrogens is 2. The number of rotatable bonds is 6. The van der Waals surface area contributed by atoms with Gasteiger partial charge in [0.25, 0.3) is 11.8 Å². The van der Waals surface area contributed by atoms with Gasteiger partial charge in [-0.05, 0) is 37.3 Å². The van der Waals surface area contributed by atoms with Crippen LogP contribution in [-0.4, -0.2) is 51.0 Å². The Morgan fingerprint density at radius 1 is 1.09 bits per heavy atom. The second kappa shape index (κ2) is 9.99. The quantitative estimate of drug-likeness (QED) is 0.641. The lowest BCUT2D eigenvalue weighted by atomic mass is 9.95. The molecule has 2 heterocycles. The first-order valence-corrected chi connectivity index (χ1v) is 12.3. The lowest BCUT2D eigenvalue weighted by Gasteiger charge is -2.41. The van der Waals surface area contributed by atoms with Crippen LogP contribution in [0.25, 0.3) is 0 Å². The molecular formula is C26H35N5O3. The molecule has 1 atom stereocenters. The molecule has 34 heavy (non-hydrogen) atoms. The lowest BCUT2D eigenvalue weighted by molar-refractivity contribution is -0.133. The number of aryl methyl sites for hydroxylation is 1. The number of fused-ring (bicyclic) bond motifs is 1. The molecule has 8 nitrogen and oxygen atoms in total. The van der Waals surface area contributed by atoms with E-state index in [9.17, 15) is 14.4 Å². The molecule has 0 saturated heterocycles. The van der Waals surface area contributed by atoms with E-state index in [4.69, 9.17) is 0 Å². The molecule has 2 aliphatic rings. The number of carbonyl (C=O) groups is 3. The summed E-state index contributed by atoms with van der Waals surface area (Å²) in [5, 5.41) is 10.4. The van der Waals surface area contributed by atoms with E-state index in [0.29, 0.717) is 12.2 Å². The number of nitrogens with zero attached hydrogens (tertiary/aromatic N) is 3. The molecule has 1 aromatic carbocycles. The van der Waals surface area contributed by atoms with Crippen molar-refractivity contribution in [3.8, 4) is 0 Å². The first-order chi connectivity index (χ1) is 16.3. The maximum atomic E-state index is 13.3. The number of amides is 3. The Morgan fingerprint density at radius 3 is 2.38 bits per heavy atom. The molecule has 1 saturated carbocycles. The Kier molecular flexibility index (Phi) is 7.05. The molecule has 8 heteroatoms. The Morgan fingerprint density at radius 2 is 1.74 bits per heavy atom. The molecule has 1 unspecified atom stereocenters. The van der Waals surface area contributed by atoms with Crippen molar-refractivity contribution in [2.24, 2.45) is 0 Å². The summed E-state index contributed by atoms with van der Waals surface area (Å²) in [4.78, 5) is 40.6. The van der Waals surface area contributed by atoms with Crippen molar-refractivity contribution in [1.29, 1.82) is 0 Å². The van der Waals surface area contributed by atoms with Gasteiger partial charge in [-0.1, -0.05) is 56.9 Å². The van der Waals surface area contributed by atoms with E-state index in [1.165, 1.54) is 34.1 Å². The van der Waals surface area contributed by atoms with Crippen molar-refractivity contribution in [3.05, 3.63) is 52.8 Å². The Balaban J connectivity index is 1.45. The lowest BCUT2D eigenvalue weighted by Crippen LogP contribution is -2.63. The maximum Gasteiger partial charge on any atom is 0.272 e. The van der Waals surface area contributed by atoms with Crippen LogP contribution in [0.4, 0.5) is 0 Å². The third kappa shape index (κ3) is 4.86. The van der Waals surface area contributed by atoms with E-state index in [0.717, 1.165) is 37.7 Å². The van der Waals surface area contributed by atoms with Crippen molar-refractivity contribution in [2.75, 3.05) is 7.05 Å². The van der Waals surface area contributed by atoms with Gasteiger partial charge in [-0.2, -0.15) is 5.10 Å². The Bertz CT molecular complexity index is 1050. The second-order valence-corrected chi connectivity index (χ2v) is 9.73. The van der Waals surface area contributed by atoms with Crippen LogP contribution < -0.4 is 10.6 Å². The van der Waals surface area contributed by atoms with E-state index in [2.05, 4.69) is 22.7 Å². The highest BCUT2D eigenvalue weighted by Gasteiger charge is 2.46. The second-order valence-electron chi connectivity index (χ2n) is 9.73. The highest BCUT2D eigenvalue weighted by Crippen LogP contribution is 2.27. The molecule has 1 aliphatic heterocycles. The molecule has 0 bridgehead atoms. The van der Waals surface area contributed by atoms with Gasteiger partial charge in [0.2, 0.25) is 5.91 Å². The van der Waals surface area contributed by atoms with Crippen molar-refractivity contribution in [2.45, 2.75) is 83.5 Å². The van der Waals surface area contributed by atoms with Crippen molar-refractivity contribution >= 4 is 17.7 Å². The molecule has 182 valence electrons. The predicted octanol–water partition coefficient (Wildman–Crippen LogP) is 3.06. The summed E-state index contributed by atoms with van der Waals surface area (Å²) in [6.45, 7) is 4.44. The normalized spacial score (nSPS) is 21.0. The van der Waals surface area contributed by atoms with E-state index in [-0.39, 0.29) is 36.0 Å². The van der Waals surface area contributed by atoms with E-state index < -0.39 is 5.54 Å². The van der Waals surface area contributed by atoms with Crippen molar-refractivity contribution in [1.82, 2.24) is 25.3 Å². The average molecular weight is 466 g/mol. The Labute approximate surface area is 201 Å². The average Bonchev–Trinajstić information content (AvgIpc) is 3.09. The summed E-state index contributed by atoms with van der Waals surface area (Å²) < 4.78 is 1.50. The first kappa shape index (κ1) is 24.0. The third-order valence-electron chi connectivity index (χ3n) is 7.30. The van der Waals surface area contributed by atoms with Gasteiger partial charge in [0.05, 0.1) is 6.54 Å². The van der Waals surface area contributed by atoms with Gasteiger partial charge in [0.15, 0.2) is 5.69 Å². The van der Waals surface area contributed by atoms with Crippen LogP contribution in [0.2, 0.25) is 0 Å². The molecule has 0 spiro atoms. The fraction of sp³-hybridized carbons (Fsp3) is 0.538. The minimum Gasteiger partial charge on any atom is -0.351 e. The fourth-order valence-electron chi connectivity index (χ4n) is 4.77. The number of likely N-dealkylation sites (N-methyl/N-ethyl adjacent to an activating group) is 1. The number of carbonyl (C=O) groups excluding carboxylic acids is 3. The predicted molar refractivity (Wildman–Crippen MR) is 129 cm³/mol. The van der Waals surface area contributed by atoms with E-state index >= 15 is 0 Å². The van der Waals surface area contributed by atoms with Crippen LogP contribution in [-0.2, 0) is 24.3 Å². The zero-order chi connectivity index (χ0) is 24.3. The summed E-state index contributed by atoms with van der Waals surface area (Å²) in [6, 6.07) is 9.74. The van der Waals surface area contributed by atoms with E-state index in [1.54, 1.807) is 14.0 Å². The van der Waals surface area contributed by atoms with Crippen LogP contribution in [0, 0.1) is 0 Å². The van der Waals surface area contributed by atoms with Gasteiger partial charge in [-0.3, -0.25) is 19.1 Å². The summed E-state index contributed by atoms with van der Waals surface area (Å²) in [7, 11) is 1.64. The van der Waals surface area contributed by atoms with Gasteiger partial charge in [0, 0.05) is 25.7 Å². The molecule has 3 amide bonds. The largest absolute Gasteiger partial charge is 0.351 e. The smallest absolute Gasteiger partial charge is 0.272 e. The zero-order valence-electron chi connectivity index (χ0n) is 20.4. The minimum atomic E-state index is -1.07. The molecule has 1 fully saturated rings. The number of nitrogens with one attached hydrogen (secondary N) is 2. The van der Waals surface area contributed by atoms with Crippen LogP contribution in [0.5, 0.6) is 0 Å². The van der Waals surface area contributed by atoms with Gasteiger partial charge < -0.3 is 15.5 Å². The monoisotopic (exact) mass is 465 g/mol. The molecule has 1 aliphatic carbocycles. The number of benzene rings is 1. The number of hydrogen-bond donors (Lipinski definition) is 2. The van der Waals surface area contributed by atoms with Crippen LogP contribution in [0.1, 0.15) is 84.5 Å². The van der Waals surface area contributed by atoms with Crippen LogP contribution >= 0.6 is 0 Å². The summed E-state index contributed by atoms with van der Waals surface area (Å²) in [6.07, 6.45) is 7.53. The highest BCUT2D eigenvalue weighted by molar-refractivity contribution is 6.01. The first-order valence-electron chi connectivity index (χ1n) is 12.3. The van der Waals surface area contributed by atoms with Gasteiger partial charge in [0.1, 0.15) is 11.2 Å². The zero-order valence-corrected chi connectivity index (χ0v) is 20.4. The van der Waals surface area contributed by atoms with E-state index in [1.807, 2.05) is 24.3 Å². The third-order valence-corrected chi connectivity index (χ3v) is 7.30. The van der Waals surface area contributed by atoms with Crippen LogP contribution in [0.3, 0.4) is 0 Å². The fourth-order valence-corrected chi connectivity index (χ4v) is 4.77. The molecule has 0 radical (unpaired) electrons. The molecule has 4 rings (SSSR count). The maximum absolute atomic E-state index is 13.3.